The van der Waals surface area contributed by atoms with Crippen molar-refractivity contribution in [2.75, 3.05) is 40.7 Å². The van der Waals surface area contributed by atoms with Crippen molar-refractivity contribution in [3.05, 3.63) is 63.6 Å². The SMILES string of the molecule is CCOC(=O)C1CCCN(C(=O)c2csc(CN(Cc3ccc4c(c3)OCO4)Cc3ccc(OC)cc3OC)n2)C1. The molecule has 0 bridgehead atoms. The highest BCUT2D eigenvalue weighted by Gasteiger charge is 2.31. The lowest BCUT2D eigenvalue weighted by Crippen LogP contribution is -2.43. The summed E-state index contributed by atoms with van der Waals surface area (Å²) >= 11 is 1.45. The first-order chi connectivity index (χ1) is 20.0. The molecule has 1 unspecified atom stereocenters. The van der Waals surface area contributed by atoms with Gasteiger partial charge in [0.15, 0.2) is 11.5 Å². The topological polar surface area (TPSA) is 99.7 Å². The Kier molecular flexibility index (Phi) is 9.25. The van der Waals surface area contributed by atoms with Crippen LogP contribution in [0.5, 0.6) is 23.0 Å². The number of methoxy groups -OCH3 is 2. The Morgan fingerprint density at radius 2 is 1.93 bits per heavy atom. The van der Waals surface area contributed by atoms with Crippen molar-refractivity contribution in [1.82, 2.24) is 14.8 Å². The van der Waals surface area contributed by atoms with E-state index in [0.29, 0.717) is 45.0 Å². The van der Waals surface area contributed by atoms with Gasteiger partial charge in [0.1, 0.15) is 22.2 Å². The zero-order chi connectivity index (χ0) is 28.8. The van der Waals surface area contributed by atoms with Gasteiger partial charge in [-0.05, 0) is 43.5 Å². The van der Waals surface area contributed by atoms with Crippen LogP contribution in [0.1, 0.15) is 46.4 Å². The monoisotopic (exact) mass is 581 g/mol. The molecular formula is C30H35N3O7S. The van der Waals surface area contributed by atoms with Gasteiger partial charge in [0.2, 0.25) is 6.79 Å². The van der Waals surface area contributed by atoms with Crippen molar-refractivity contribution in [3.8, 4) is 23.0 Å². The second kappa shape index (κ2) is 13.2. The number of piperidine rings is 1. The summed E-state index contributed by atoms with van der Waals surface area (Å²) in [5.41, 5.74) is 2.47. The number of hydrogen-bond donors (Lipinski definition) is 0. The molecule has 1 amide bonds. The number of rotatable bonds is 11. The minimum absolute atomic E-state index is 0.152. The van der Waals surface area contributed by atoms with Gasteiger partial charge in [-0.2, -0.15) is 0 Å². The van der Waals surface area contributed by atoms with Crippen LogP contribution >= 0.6 is 11.3 Å². The molecule has 5 rings (SSSR count). The molecular weight excluding hydrogens is 546 g/mol. The summed E-state index contributed by atoms with van der Waals surface area (Å²) in [5, 5.41) is 2.62. The summed E-state index contributed by atoms with van der Waals surface area (Å²) in [7, 11) is 3.27. The number of amides is 1. The number of fused-ring (bicyclic) bond motifs is 1. The first-order valence-corrected chi connectivity index (χ1v) is 14.6. The fourth-order valence-corrected chi connectivity index (χ4v) is 5.95. The number of carbonyl (C=O) groups is 2. The molecule has 2 aliphatic rings. The molecule has 0 aliphatic carbocycles. The highest BCUT2D eigenvalue weighted by molar-refractivity contribution is 7.09. The Hall–Kier alpha value is -3.83. The molecule has 3 aromatic rings. The number of benzene rings is 2. The Bertz CT molecular complexity index is 1380. The number of carbonyl (C=O) groups excluding carboxylic acids is 2. The van der Waals surface area contributed by atoms with E-state index in [9.17, 15) is 9.59 Å². The maximum Gasteiger partial charge on any atom is 0.310 e. The smallest absolute Gasteiger partial charge is 0.310 e. The van der Waals surface area contributed by atoms with Crippen LogP contribution in [0, 0.1) is 5.92 Å². The Labute approximate surface area is 243 Å². The molecule has 2 aliphatic heterocycles. The van der Waals surface area contributed by atoms with Crippen LogP contribution in [-0.4, -0.2) is 67.4 Å². The van der Waals surface area contributed by atoms with Gasteiger partial charge in [0.05, 0.1) is 33.3 Å². The second-order valence-electron chi connectivity index (χ2n) is 9.98. The minimum Gasteiger partial charge on any atom is -0.497 e. The van der Waals surface area contributed by atoms with Crippen LogP contribution in [0.4, 0.5) is 0 Å². The number of esters is 1. The molecule has 11 heteroatoms. The fraction of sp³-hybridized carbons (Fsp3) is 0.433. The summed E-state index contributed by atoms with van der Waals surface area (Å²) in [6.07, 6.45) is 1.49. The molecule has 1 saturated heterocycles. The molecule has 1 fully saturated rings. The third-order valence-corrected chi connectivity index (χ3v) is 8.02. The number of ether oxygens (including phenoxy) is 5. The van der Waals surface area contributed by atoms with Gasteiger partial charge in [0.25, 0.3) is 5.91 Å². The van der Waals surface area contributed by atoms with Crippen LogP contribution in [-0.2, 0) is 29.2 Å². The fourth-order valence-electron chi connectivity index (χ4n) is 5.14. The maximum atomic E-state index is 13.3. The highest BCUT2D eigenvalue weighted by Crippen LogP contribution is 2.34. The molecule has 41 heavy (non-hydrogen) atoms. The molecule has 0 radical (unpaired) electrons. The summed E-state index contributed by atoms with van der Waals surface area (Å²) in [4.78, 5) is 34.2. The van der Waals surface area contributed by atoms with Crippen LogP contribution in [0.25, 0.3) is 0 Å². The van der Waals surface area contributed by atoms with Crippen molar-refractivity contribution in [1.29, 1.82) is 0 Å². The molecule has 0 N–H and O–H groups in total. The summed E-state index contributed by atoms with van der Waals surface area (Å²) in [5.74, 6) is 2.24. The van der Waals surface area contributed by atoms with E-state index in [0.717, 1.165) is 52.0 Å². The molecule has 0 saturated carbocycles. The molecule has 3 heterocycles. The van der Waals surface area contributed by atoms with E-state index in [-0.39, 0.29) is 24.6 Å². The number of nitrogens with zero attached hydrogens (tertiary/aromatic N) is 3. The third kappa shape index (κ3) is 6.91. The predicted molar refractivity (Wildman–Crippen MR) is 152 cm³/mol. The second-order valence-corrected chi connectivity index (χ2v) is 10.9. The van der Waals surface area contributed by atoms with Gasteiger partial charge in [-0.3, -0.25) is 14.5 Å². The first kappa shape index (κ1) is 28.7. The van der Waals surface area contributed by atoms with Crippen LogP contribution in [0.2, 0.25) is 0 Å². The van der Waals surface area contributed by atoms with E-state index in [1.165, 1.54) is 11.3 Å². The zero-order valence-electron chi connectivity index (χ0n) is 23.6. The lowest BCUT2D eigenvalue weighted by Gasteiger charge is -2.31. The lowest BCUT2D eigenvalue weighted by molar-refractivity contribution is -0.149. The standard InChI is InChI=1S/C30H35N3O7S/c1-4-38-30(35)22-6-5-11-33(16-22)29(34)24-18-41-28(31-24)17-32(14-20-7-10-25-27(12-20)40-19-39-25)15-21-8-9-23(36-2)13-26(21)37-3/h7-10,12-13,18,22H,4-6,11,14-17,19H2,1-3H3. The number of aromatic nitrogens is 1. The average molecular weight is 582 g/mol. The van der Waals surface area contributed by atoms with E-state index in [1.807, 2.05) is 36.4 Å². The van der Waals surface area contributed by atoms with E-state index in [1.54, 1.807) is 31.4 Å². The number of likely N-dealkylation sites (tertiary alicyclic amines) is 1. The highest BCUT2D eigenvalue weighted by atomic mass is 32.1. The third-order valence-electron chi connectivity index (χ3n) is 7.19. The average Bonchev–Trinajstić information content (AvgIpc) is 3.66. The van der Waals surface area contributed by atoms with Crippen molar-refractivity contribution in [2.45, 2.75) is 39.4 Å². The van der Waals surface area contributed by atoms with Crippen molar-refractivity contribution in [3.63, 3.8) is 0 Å². The van der Waals surface area contributed by atoms with Crippen LogP contribution in [0.15, 0.2) is 41.8 Å². The Morgan fingerprint density at radius 1 is 1.07 bits per heavy atom. The van der Waals surface area contributed by atoms with E-state index in [2.05, 4.69) is 4.90 Å². The lowest BCUT2D eigenvalue weighted by atomic mass is 9.98. The van der Waals surface area contributed by atoms with Gasteiger partial charge in [-0.25, -0.2) is 4.98 Å². The minimum atomic E-state index is -0.289. The largest absolute Gasteiger partial charge is 0.497 e. The van der Waals surface area contributed by atoms with Gasteiger partial charge in [0, 0.05) is 43.2 Å². The molecule has 0 spiro atoms. The van der Waals surface area contributed by atoms with Crippen molar-refractivity contribution < 1.29 is 33.3 Å². The molecule has 10 nitrogen and oxygen atoms in total. The first-order valence-electron chi connectivity index (χ1n) is 13.7. The molecule has 2 aromatic carbocycles. The van der Waals surface area contributed by atoms with E-state index in [4.69, 9.17) is 28.7 Å². The maximum absolute atomic E-state index is 13.3. The van der Waals surface area contributed by atoms with Crippen LogP contribution in [0.3, 0.4) is 0 Å². The van der Waals surface area contributed by atoms with Gasteiger partial charge in [-0.1, -0.05) is 12.1 Å². The van der Waals surface area contributed by atoms with Crippen molar-refractivity contribution in [2.24, 2.45) is 5.92 Å². The van der Waals surface area contributed by atoms with Gasteiger partial charge < -0.3 is 28.6 Å². The van der Waals surface area contributed by atoms with E-state index >= 15 is 0 Å². The quantitative estimate of drug-likeness (QED) is 0.303. The summed E-state index contributed by atoms with van der Waals surface area (Å²) in [6.45, 7) is 5.03. The van der Waals surface area contributed by atoms with E-state index < -0.39 is 0 Å². The number of thiazole rings is 1. The Balaban J connectivity index is 1.33. The van der Waals surface area contributed by atoms with Crippen molar-refractivity contribution >= 4 is 23.2 Å². The number of hydrogen-bond acceptors (Lipinski definition) is 10. The van der Waals surface area contributed by atoms with Gasteiger partial charge in [-0.15, -0.1) is 11.3 Å². The molecule has 1 aromatic heterocycles. The molecule has 218 valence electrons. The summed E-state index contributed by atoms with van der Waals surface area (Å²) < 4.78 is 27.3. The van der Waals surface area contributed by atoms with Gasteiger partial charge >= 0.3 is 5.97 Å². The normalized spacial score (nSPS) is 16.1. The molecule has 1 atom stereocenters. The zero-order valence-corrected chi connectivity index (χ0v) is 24.4. The predicted octanol–water partition coefficient (Wildman–Crippen LogP) is 4.51. The Morgan fingerprint density at radius 3 is 2.73 bits per heavy atom. The summed E-state index contributed by atoms with van der Waals surface area (Å²) in [6, 6.07) is 11.7. The van der Waals surface area contributed by atoms with Crippen LogP contribution < -0.4 is 18.9 Å².